The van der Waals surface area contributed by atoms with Crippen LogP contribution < -0.4 is 11.1 Å². The molecule has 0 aliphatic rings. The van der Waals surface area contributed by atoms with Crippen LogP contribution in [0.1, 0.15) is 12.0 Å². The molecular formula is C14H21N3O2S. The summed E-state index contributed by atoms with van der Waals surface area (Å²) in [6, 6.07) is 9.62. The van der Waals surface area contributed by atoms with Crippen LogP contribution in [0.5, 0.6) is 0 Å². The Bertz CT molecular complexity index is 426. The fraction of sp³-hybridized carbons (Fsp3) is 0.429. The zero-order valence-corrected chi connectivity index (χ0v) is 12.5. The molecule has 0 fully saturated rings. The number of carbonyl (C=O) groups excluding carboxylic acids is 1. The van der Waals surface area contributed by atoms with Crippen molar-refractivity contribution in [3.8, 4) is 0 Å². The van der Waals surface area contributed by atoms with E-state index in [4.69, 9.17) is 22.7 Å². The maximum absolute atomic E-state index is 12.1. The average Bonchev–Trinajstić information content (AvgIpc) is 2.45. The van der Waals surface area contributed by atoms with Crippen molar-refractivity contribution in [3.05, 3.63) is 35.9 Å². The third-order valence-electron chi connectivity index (χ3n) is 2.77. The molecule has 1 aromatic carbocycles. The molecule has 0 radical (unpaired) electrons. The molecule has 0 aromatic heterocycles. The van der Waals surface area contributed by atoms with E-state index in [-0.39, 0.29) is 6.03 Å². The second-order valence-corrected chi connectivity index (χ2v) is 4.86. The summed E-state index contributed by atoms with van der Waals surface area (Å²) in [5, 5.41) is 2.88. The molecule has 6 heteroatoms. The van der Waals surface area contributed by atoms with Crippen LogP contribution in [0.25, 0.3) is 0 Å². The number of ether oxygens (including phenoxy) is 1. The van der Waals surface area contributed by atoms with Gasteiger partial charge in [0.1, 0.15) is 0 Å². The zero-order valence-electron chi connectivity index (χ0n) is 11.7. The standard InChI is InChI=1S/C14H21N3O2S/c1-19-10-9-17(8-7-13(15)20)14(18)16-11-12-5-3-2-4-6-12/h2-6H,7-11H2,1H3,(H2,15,20)(H,16,18). The molecule has 0 saturated carbocycles. The Hall–Kier alpha value is -1.66. The van der Waals surface area contributed by atoms with Crippen LogP contribution in [-0.4, -0.2) is 42.7 Å². The Kier molecular flexibility index (Phi) is 7.60. The quantitative estimate of drug-likeness (QED) is 0.714. The van der Waals surface area contributed by atoms with Gasteiger partial charge in [-0.3, -0.25) is 0 Å². The van der Waals surface area contributed by atoms with Crippen LogP contribution in [0.4, 0.5) is 4.79 Å². The Balaban J connectivity index is 2.46. The van der Waals surface area contributed by atoms with E-state index in [1.54, 1.807) is 12.0 Å². The molecule has 0 atom stereocenters. The molecule has 5 nitrogen and oxygen atoms in total. The Labute approximate surface area is 125 Å². The van der Waals surface area contributed by atoms with Crippen LogP contribution in [0.3, 0.4) is 0 Å². The molecule has 0 heterocycles. The van der Waals surface area contributed by atoms with E-state index in [2.05, 4.69) is 5.32 Å². The lowest BCUT2D eigenvalue weighted by Gasteiger charge is -2.22. The molecule has 110 valence electrons. The van der Waals surface area contributed by atoms with Gasteiger partial charge < -0.3 is 20.7 Å². The number of methoxy groups -OCH3 is 1. The molecule has 20 heavy (non-hydrogen) atoms. The second kappa shape index (κ2) is 9.28. The minimum Gasteiger partial charge on any atom is -0.393 e. The van der Waals surface area contributed by atoms with Crippen molar-refractivity contribution < 1.29 is 9.53 Å². The van der Waals surface area contributed by atoms with Crippen LogP contribution in [0.2, 0.25) is 0 Å². The van der Waals surface area contributed by atoms with Gasteiger partial charge in [0.15, 0.2) is 0 Å². The molecule has 1 aromatic rings. The van der Waals surface area contributed by atoms with Crippen LogP contribution >= 0.6 is 12.2 Å². The highest BCUT2D eigenvalue weighted by atomic mass is 32.1. The lowest BCUT2D eigenvalue weighted by Crippen LogP contribution is -2.42. The molecule has 0 aliphatic heterocycles. The minimum absolute atomic E-state index is 0.137. The second-order valence-electron chi connectivity index (χ2n) is 4.34. The Morgan fingerprint density at radius 1 is 1.35 bits per heavy atom. The van der Waals surface area contributed by atoms with Gasteiger partial charge in [-0.2, -0.15) is 0 Å². The van der Waals surface area contributed by atoms with Crippen molar-refractivity contribution in [2.75, 3.05) is 26.8 Å². The maximum Gasteiger partial charge on any atom is 0.317 e. The molecular weight excluding hydrogens is 274 g/mol. The number of nitrogens with zero attached hydrogens (tertiary/aromatic N) is 1. The largest absolute Gasteiger partial charge is 0.393 e. The molecule has 0 bridgehead atoms. The van der Waals surface area contributed by atoms with E-state index in [1.807, 2.05) is 30.3 Å². The molecule has 1 rings (SSSR count). The van der Waals surface area contributed by atoms with E-state index >= 15 is 0 Å². The van der Waals surface area contributed by atoms with Gasteiger partial charge >= 0.3 is 6.03 Å². The number of nitrogens with one attached hydrogen (secondary N) is 1. The summed E-state index contributed by atoms with van der Waals surface area (Å²) < 4.78 is 5.01. The third-order valence-corrected chi connectivity index (χ3v) is 2.97. The Morgan fingerprint density at radius 2 is 2.05 bits per heavy atom. The number of rotatable bonds is 8. The third kappa shape index (κ3) is 6.49. The molecule has 3 N–H and O–H groups in total. The lowest BCUT2D eigenvalue weighted by atomic mass is 10.2. The number of nitrogens with two attached hydrogens (primary N) is 1. The highest BCUT2D eigenvalue weighted by Gasteiger charge is 2.12. The van der Waals surface area contributed by atoms with E-state index in [1.165, 1.54) is 0 Å². The van der Waals surface area contributed by atoms with Gasteiger partial charge in [-0.15, -0.1) is 0 Å². The predicted octanol–water partition coefficient (Wildman–Crippen LogP) is 1.52. The summed E-state index contributed by atoms with van der Waals surface area (Å²) in [5.41, 5.74) is 6.53. The number of thiocarbonyl (C=S) groups is 1. The van der Waals surface area contributed by atoms with E-state index in [0.29, 0.717) is 37.7 Å². The highest BCUT2D eigenvalue weighted by molar-refractivity contribution is 7.80. The van der Waals surface area contributed by atoms with Crippen molar-refractivity contribution in [3.63, 3.8) is 0 Å². The maximum atomic E-state index is 12.1. The normalized spacial score (nSPS) is 10.1. The van der Waals surface area contributed by atoms with Gasteiger partial charge in [-0.05, 0) is 5.56 Å². The van der Waals surface area contributed by atoms with Gasteiger partial charge in [0.2, 0.25) is 0 Å². The fourth-order valence-corrected chi connectivity index (χ4v) is 1.74. The highest BCUT2D eigenvalue weighted by Crippen LogP contribution is 1.99. The molecule has 0 unspecified atom stereocenters. The van der Waals surface area contributed by atoms with Crippen molar-refractivity contribution in [1.29, 1.82) is 0 Å². The number of amides is 2. The summed E-state index contributed by atoms with van der Waals surface area (Å²) in [7, 11) is 1.60. The lowest BCUT2D eigenvalue weighted by molar-refractivity contribution is 0.150. The minimum atomic E-state index is -0.137. The summed E-state index contributed by atoms with van der Waals surface area (Å²) in [6.45, 7) is 1.99. The van der Waals surface area contributed by atoms with Crippen molar-refractivity contribution in [2.45, 2.75) is 13.0 Å². The molecule has 0 spiro atoms. The summed E-state index contributed by atoms with van der Waals surface area (Å²) in [5.74, 6) is 0. The molecule has 0 saturated heterocycles. The summed E-state index contributed by atoms with van der Waals surface area (Å²) in [4.78, 5) is 14.2. The number of hydrogen-bond donors (Lipinski definition) is 2. The van der Waals surface area contributed by atoms with Gasteiger partial charge in [0.05, 0.1) is 11.6 Å². The first-order valence-electron chi connectivity index (χ1n) is 6.47. The van der Waals surface area contributed by atoms with Gasteiger partial charge in [-0.1, -0.05) is 42.5 Å². The zero-order chi connectivity index (χ0) is 14.8. The topological polar surface area (TPSA) is 67.6 Å². The van der Waals surface area contributed by atoms with E-state index in [9.17, 15) is 4.79 Å². The monoisotopic (exact) mass is 295 g/mol. The van der Waals surface area contributed by atoms with Crippen molar-refractivity contribution in [1.82, 2.24) is 10.2 Å². The van der Waals surface area contributed by atoms with Crippen molar-refractivity contribution in [2.24, 2.45) is 5.73 Å². The van der Waals surface area contributed by atoms with Gasteiger partial charge in [-0.25, -0.2) is 4.79 Å². The van der Waals surface area contributed by atoms with E-state index < -0.39 is 0 Å². The summed E-state index contributed by atoms with van der Waals surface area (Å²) >= 11 is 4.84. The number of carbonyl (C=O) groups is 1. The average molecular weight is 295 g/mol. The number of benzene rings is 1. The van der Waals surface area contributed by atoms with Crippen molar-refractivity contribution >= 4 is 23.2 Å². The predicted molar refractivity (Wildman–Crippen MR) is 83.5 cm³/mol. The SMILES string of the molecule is COCCN(CCC(N)=S)C(=O)NCc1ccccc1. The van der Waals surface area contributed by atoms with Crippen LogP contribution in [-0.2, 0) is 11.3 Å². The first kappa shape index (κ1) is 16.4. The van der Waals surface area contributed by atoms with Crippen LogP contribution in [0.15, 0.2) is 30.3 Å². The van der Waals surface area contributed by atoms with E-state index in [0.717, 1.165) is 5.56 Å². The first-order valence-corrected chi connectivity index (χ1v) is 6.88. The summed E-state index contributed by atoms with van der Waals surface area (Å²) in [6.07, 6.45) is 0.512. The fourth-order valence-electron chi connectivity index (χ4n) is 1.65. The number of urea groups is 1. The van der Waals surface area contributed by atoms with Crippen LogP contribution in [0, 0.1) is 0 Å². The first-order chi connectivity index (χ1) is 9.63. The smallest absolute Gasteiger partial charge is 0.317 e. The molecule has 2 amide bonds. The van der Waals surface area contributed by atoms with Gasteiger partial charge in [0, 0.05) is 33.2 Å². The molecule has 0 aliphatic carbocycles. The number of hydrogen-bond acceptors (Lipinski definition) is 3. The Morgan fingerprint density at radius 3 is 2.65 bits per heavy atom. The van der Waals surface area contributed by atoms with Gasteiger partial charge in [0.25, 0.3) is 0 Å².